The monoisotopic (exact) mass is 228 g/mol. The number of carbonyl (C=O) groups excluding carboxylic acids is 1. The molecule has 0 heterocycles. The highest BCUT2D eigenvalue weighted by Gasteiger charge is 2.33. The van der Waals surface area contributed by atoms with Gasteiger partial charge in [-0.1, -0.05) is 6.92 Å². The van der Waals surface area contributed by atoms with Crippen molar-refractivity contribution in [2.75, 3.05) is 13.1 Å². The van der Waals surface area contributed by atoms with Gasteiger partial charge in [0.2, 0.25) is 5.91 Å². The molecule has 0 bridgehead atoms. The Morgan fingerprint density at radius 3 is 2.56 bits per heavy atom. The van der Waals surface area contributed by atoms with Gasteiger partial charge in [-0.25, -0.2) is 0 Å². The molecule has 1 atom stereocenters. The highest BCUT2D eigenvalue weighted by atomic mass is 16.4. The number of carbonyl (C=O) groups is 2. The number of aliphatic carboxylic acids is 1. The van der Waals surface area contributed by atoms with Crippen molar-refractivity contribution in [3.8, 4) is 0 Å². The van der Waals surface area contributed by atoms with E-state index in [1.165, 1.54) is 4.90 Å². The lowest BCUT2D eigenvalue weighted by Gasteiger charge is -2.21. The first-order valence-electron chi connectivity index (χ1n) is 5.79. The molecule has 0 spiro atoms. The second kappa shape index (κ2) is 5.84. The van der Waals surface area contributed by atoms with Gasteiger partial charge in [-0.3, -0.25) is 9.59 Å². The topological polar surface area (TPSA) is 69.6 Å². The van der Waals surface area contributed by atoms with Crippen LogP contribution in [-0.2, 0) is 9.59 Å². The van der Waals surface area contributed by atoms with E-state index in [9.17, 15) is 9.59 Å². The van der Waals surface area contributed by atoms with Crippen molar-refractivity contribution in [2.24, 2.45) is 0 Å². The van der Waals surface area contributed by atoms with Crippen LogP contribution in [0.25, 0.3) is 0 Å². The van der Waals surface area contributed by atoms with E-state index in [0.717, 1.165) is 19.3 Å². The molecule has 5 nitrogen and oxygen atoms in total. The lowest BCUT2D eigenvalue weighted by molar-refractivity contribution is -0.144. The van der Waals surface area contributed by atoms with Gasteiger partial charge in [0.05, 0.1) is 6.54 Å². The standard InChI is InChI=1S/C11H20N2O3/c1-3-8(2)12-6-10(14)13(7-11(15)16)9-4-5-9/h8-9,12H,3-7H2,1-2H3,(H,15,16). The van der Waals surface area contributed by atoms with E-state index < -0.39 is 5.97 Å². The normalized spacial score (nSPS) is 16.9. The van der Waals surface area contributed by atoms with Gasteiger partial charge >= 0.3 is 5.97 Å². The van der Waals surface area contributed by atoms with Crippen LogP contribution in [0.5, 0.6) is 0 Å². The summed E-state index contributed by atoms with van der Waals surface area (Å²) in [6.07, 6.45) is 2.82. The van der Waals surface area contributed by atoms with Crippen molar-refractivity contribution in [3.05, 3.63) is 0 Å². The fraction of sp³-hybridized carbons (Fsp3) is 0.818. The number of rotatable bonds is 7. The molecule has 1 unspecified atom stereocenters. The van der Waals surface area contributed by atoms with Gasteiger partial charge in [-0.2, -0.15) is 0 Å². The van der Waals surface area contributed by atoms with Crippen LogP contribution < -0.4 is 5.32 Å². The zero-order valence-electron chi connectivity index (χ0n) is 9.90. The largest absolute Gasteiger partial charge is 0.480 e. The van der Waals surface area contributed by atoms with Crippen LogP contribution in [0.3, 0.4) is 0 Å². The van der Waals surface area contributed by atoms with Gasteiger partial charge < -0.3 is 15.3 Å². The molecule has 0 saturated heterocycles. The molecule has 5 heteroatoms. The summed E-state index contributed by atoms with van der Waals surface area (Å²) >= 11 is 0. The SMILES string of the molecule is CCC(C)NCC(=O)N(CC(=O)O)C1CC1. The summed E-state index contributed by atoms with van der Waals surface area (Å²) in [6.45, 7) is 4.11. The number of carboxylic acids is 1. The summed E-state index contributed by atoms with van der Waals surface area (Å²) in [5.41, 5.74) is 0. The number of hydrogen-bond acceptors (Lipinski definition) is 3. The molecule has 92 valence electrons. The average molecular weight is 228 g/mol. The fourth-order valence-corrected chi connectivity index (χ4v) is 1.46. The van der Waals surface area contributed by atoms with E-state index in [1.54, 1.807) is 0 Å². The predicted octanol–water partition coefficient (Wildman–Crippen LogP) is 0.450. The maximum Gasteiger partial charge on any atom is 0.323 e. The molecule has 1 amide bonds. The molecule has 1 rings (SSSR count). The van der Waals surface area contributed by atoms with Crippen molar-refractivity contribution >= 4 is 11.9 Å². The Balaban J connectivity index is 2.38. The predicted molar refractivity (Wildman–Crippen MR) is 60.1 cm³/mol. The minimum atomic E-state index is -0.941. The van der Waals surface area contributed by atoms with Crippen LogP contribution in [0.4, 0.5) is 0 Å². The summed E-state index contributed by atoms with van der Waals surface area (Å²) in [5, 5.41) is 11.8. The van der Waals surface area contributed by atoms with E-state index in [-0.39, 0.29) is 31.1 Å². The molecular weight excluding hydrogens is 208 g/mol. The van der Waals surface area contributed by atoms with Gasteiger partial charge in [-0.15, -0.1) is 0 Å². The minimum absolute atomic E-state index is 0.106. The highest BCUT2D eigenvalue weighted by Crippen LogP contribution is 2.26. The molecule has 1 aliphatic rings. The van der Waals surface area contributed by atoms with Gasteiger partial charge in [0.1, 0.15) is 6.54 Å². The molecule has 0 aromatic heterocycles. The lowest BCUT2D eigenvalue weighted by atomic mass is 10.2. The van der Waals surface area contributed by atoms with Crippen LogP contribution >= 0.6 is 0 Å². The van der Waals surface area contributed by atoms with E-state index >= 15 is 0 Å². The zero-order valence-corrected chi connectivity index (χ0v) is 9.90. The Morgan fingerprint density at radius 2 is 2.12 bits per heavy atom. The van der Waals surface area contributed by atoms with Crippen molar-refractivity contribution in [3.63, 3.8) is 0 Å². The minimum Gasteiger partial charge on any atom is -0.480 e. The maximum atomic E-state index is 11.8. The Morgan fingerprint density at radius 1 is 1.50 bits per heavy atom. The zero-order chi connectivity index (χ0) is 12.1. The van der Waals surface area contributed by atoms with Crippen LogP contribution in [-0.4, -0.2) is 47.1 Å². The Bertz CT molecular complexity index is 264. The third kappa shape index (κ3) is 4.18. The molecule has 0 aromatic rings. The van der Waals surface area contributed by atoms with Crippen molar-refractivity contribution < 1.29 is 14.7 Å². The smallest absolute Gasteiger partial charge is 0.323 e. The Labute approximate surface area is 95.8 Å². The Hall–Kier alpha value is -1.10. The summed E-state index contributed by atoms with van der Waals surface area (Å²) in [7, 11) is 0. The third-order valence-corrected chi connectivity index (χ3v) is 2.83. The van der Waals surface area contributed by atoms with Gasteiger partial charge in [0, 0.05) is 12.1 Å². The summed E-state index contributed by atoms with van der Waals surface area (Å²) < 4.78 is 0. The first-order chi connectivity index (χ1) is 7.54. The van der Waals surface area contributed by atoms with Crippen molar-refractivity contribution in [1.29, 1.82) is 0 Å². The maximum absolute atomic E-state index is 11.8. The number of nitrogens with zero attached hydrogens (tertiary/aromatic N) is 1. The first kappa shape index (κ1) is 13.0. The lowest BCUT2D eigenvalue weighted by Crippen LogP contribution is -2.44. The number of amides is 1. The summed E-state index contributed by atoms with van der Waals surface area (Å²) in [6, 6.07) is 0.442. The molecule has 0 radical (unpaired) electrons. The van der Waals surface area contributed by atoms with Crippen molar-refractivity contribution in [1.82, 2.24) is 10.2 Å². The molecule has 1 aliphatic carbocycles. The molecule has 1 fully saturated rings. The van der Waals surface area contributed by atoms with E-state index in [0.29, 0.717) is 0 Å². The van der Waals surface area contributed by atoms with Gasteiger partial charge in [0.15, 0.2) is 0 Å². The van der Waals surface area contributed by atoms with Crippen LogP contribution in [0.15, 0.2) is 0 Å². The van der Waals surface area contributed by atoms with Crippen molar-refractivity contribution in [2.45, 2.75) is 45.2 Å². The second-order valence-corrected chi connectivity index (χ2v) is 4.34. The quantitative estimate of drug-likeness (QED) is 0.664. The van der Waals surface area contributed by atoms with Crippen LogP contribution in [0.2, 0.25) is 0 Å². The molecular formula is C11H20N2O3. The Kier molecular flexibility index (Phi) is 4.73. The number of carboxylic acid groups (broad SMARTS) is 1. The van der Waals surface area contributed by atoms with Gasteiger partial charge in [-0.05, 0) is 26.2 Å². The fourth-order valence-electron chi connectivity index (χ4n) is 1.46. The second-order valence-electron chi connectivity index (χ2n) is 4.34. The summed E-state index contributed by atoms with van der Waals surface area (Å²) in [4.78, 5) is 23.9. The van der Waals surface area contributed by atoms with E-state index in [1.807, 2.05) is 13.8 Å². The van der Waals surface area contributed by atoms with Crippen LogP contribution in [0.1, 0.15) is 33.1 Å². The molecule has 2 N–H and O–H groups in total. The van der Waals surface area contributed by atoms with E-state index in [2.05, 4.69) is 5.32 Å². The number of hydrogen-bond donors (Lipinski definition) is 2. The molecule has 0 aromatic carbocycles. The van der Waals surface area contributed by atoms with E-state index in [4.69, 9.17) is 5.11 Å². The molecule has 0 aliphatic heterocycles. The first-order valence-corrected chi connectivity index (χ1v) is 5.79. The number of nitrogens with one attached hydrogen (secondary N) is 1. The third-order valence-electron chi connectivity index (χ3n) is 2.83. The molecule has 16 heavy (non-hydrogen) atoms. The average Bonchev–Trinajstić information content (AvgIpc) is 3.05. The van der Waals surface area contributed by atoms with Gasteiger partial charge in [0.25, 0.3) is 0 Å². The molecule has 1 saturated carbocycles. The van der Waals surface area contributed by atoms with Crippen LogP contribution in [0, 0.1) is 0 Å². The highest BCUT2D eigenvalue weighted by molar-refractivity contribution is 5.83. The summed E-state index contributed by atoms with van der Waals surface area (Å²) in [5.74, 6) is -1.05.